The lowest BCUT2D eigenvalue weighted by atomic mass is 10.1. The molecule has 1 saturated heterocycles. The zero-order valence-corrected chi connectivity index (χ0v) is 18.2. The van der Waals surface area contributed by atoms with Crippen molar-refractivity contribution in [1.82, 2.24) is 4.31 Å². The largest absolute Gasteiger partial charge is 0.454 e. The first kappa shape index (κ1) is 22.2. The number of carbonyl (C=O) groups excluding carboxylic acids is 2. The molecular weight excluding hydrogens is 402 g/mol. The second-order valence-corrected chi connectivity index (χ2v) is 9.43. The molecular formula is C23H27NO5S. The summed E-state index contributed by atoms with van der Waals surface area (Å²) in [5, 5.41) is 0. The lowest BCUT2D eigenvalue weighted by Crippen LogP contribution is -2.35. The molecule has 0 aromatic heterocycles. The zero-order valence-electron chi connectivity index (χ0n) is 17.4. The van der Waals surface area contributed by atoms with Crippen molar-refractivity contribution in [2.75, 3.05) is 19.7 Å². The van der Waals surface area contributed by atoms with Crippen LogP contribution in [0.15, 0.2) is 47.4 Å². The van der Waals surface area contributed by atoms with Gasteiger partial charge in [0.1, 0.15) is 0 Å². The average molecular weight is 430 g/mol. The summed E-state index contributed by atoms with van der Waals surface area (Å²) in [4.78, 5) is 25.0. The van der Waals surface area contributed by atoms with Crippen LogP contribution in [0.1, 0.15) is 58.0 Å². The van der Waals surface area contributed by atoms with E-state index in [1.54, 1.807) is 25.1 Å². The van der Waals surface area contributed by atoms with Crippen LogP contribution < -0.4 is 0 Å². The topological polar surface area (TPSA) is 80.8 Å². The molecule has 1 aliphatic rings. The van der Waals surface area contributed by atoms with Gasteiger partial charge in [0.2, 0.25) is 10.0 Å². The first-order valence-electron chi connectivity index (χ1n) is 10.2. The predicted molar refractivity (Wildman–Crippen MR) is 114 cm³/mol. The number of ketones is 1. The number of hydrogen-bond acceptors (Lipinski definition) is 5. The Hall–Kier alpha value is -2.51. The molecule has 0 bridgehead atoms. The zero-order chi connectivity index (χ0) is 21.7. The highest BCUT2D eigenvalue weighted by atomic mass is 32.2. The van der Waals surface area contributed by atoms with E-state index in [1.807, 2.05) is 19.1 Å². The van der Waals surface area contributed by atoms with E-state index >= 15 is 0 Å². The van der Waals surface area contributed by atoms with Gasteiger partial charge in [0.15, 0.2) is 12.4 Å². The van der Waals surface area contributed by atoms with E-state index in [-0.39, 0.29) is 16.2 Å². The van der Waals surface area contributed by atoms with E-state index in [4.69, 9.17) is 4.74 Å². The maximum absolute atomic E-state index is 12.9. The number of benzene rings is 2. The van der Waals surface area contributed by atoms with Crippen LogP contribution in [0.5, 0.6) is 0 Å². The van der Waals surface area contributed by atoms with Gasteiger partial charge in [0.25, 0.3) is 0 Å². The summed E-state index contributed by atoms with van der Waals surface area (Å²) in [5.41, 5.74) is 2.34. The van der Waals surface area contributed by atoms with E-state index in [9.17, 15) is 18.0 Å². The van der Waals surface area contributed by atoms with E-state index in [0.717, 1.165) is 31.2 Å². The Kier molecular flexibility index (Phi) is 7.05. The molecule has 6 nitrogen and oxygen atoms in total. The van der Waals surface area contributed by atoms with Crippen LogP contribution in [0.25, 0.3) is 0 Å². The Morgan fingerprint density at radius 1 is 1.00 bits per heavy atom. The van der Waals surface area contributed by atoms with Gasteiger partial charge >= 0.3 is 5.97 Å². The average Bonchev–Trinajstić information content (AvgIpc) is 2.78. The highest BCUT2D eigenvalue weighted by molar-refractivity contribution is 7.89. The van der Waals surface area contributed by atoms with Gasteiger partial charge in [-0.2, -0.15) is 4.31 Å². The Labute approximate surface area is 177 Å². The number of ether oxygens (including phenoxy) is 1. The Morgan fingerprint density at radius 3 is 2.30 bits per heavy atom. The molecule has 2 aromatic carbocycles. The number of nitrogens with zero attached hydrogens (tertiary/aromatic N) is 1. The van der Waals surface area contributed by atoms with Crippen molar-refractivity contribution in [3.05, 3.63) is 64.7 Å². The number of aryl methyl sites for hydroxylation is 2. The number of Topliss-reactive ketones (excluding diaryl/α,β-unsaturated/α-hetero) is 1. The first-order valence-corrected chi connectivity index (χ1v) is 11.7. The van der Waals surface area contributed by atoms with E-state index in [0.29, 0.717) is 24.2 Å². The second-order valence-electron chi connectivity index (χ2n) is 7.49. The SMILES string of the molecule is CCc1ccc(C(=O)COC(=O)c2cc(S(=O)(=O)N3CCCCC3)ccc2C)cc1. The van der Waals surface area contributed by atoms with Crippen molar-refractivity contribution in [2.45, 2.75) is 44.4 Å². The molecule has 7 heteroatoms. The minimum Gasteiger partial charge on any atom is -0.454 e. The number of carbonyl (C=O) groups is 2. The Bertz CT molecular complexity index is 1020. The standard InChI is InChI=1S/C23H27NO5S/c1-3-18-8-10-19(11-9-18)22(25)16-29-23(26)21-15-20(12-7-17(21)2)30(27,28)24-13-5-4-6-14-24/h7-12,15H,3-6,13-14,16H2,1-2H3. The van der Waals surface area contributed by atoms with Crippen LogP contribution >= 0.6 is 0 Å². The molecule has 1 fully saturated rings. The lowest BCUT2D eigenvalue weighted by Gasteiger charge is -2.26. The fourth-order valence-electron chi connectivity index (χ4n) is 3.45. The van der Waals surface area contributed by atoms with Crippen LogP contribution in [0, 0.1) is 6.92 Å². The van der Waals surface area contributed by atoms with Crippen molar-refractivity contribution >= 4 is 21.8 Å². The van der Waals surface area contributed by atoms with Crippen LogP contribution in [0.3, 0.4) is 0 Å². The van der Waals surface area contributed by atoms with Gasteiger partial charge in [-0.1, -0.05) is 43.7 Å². The monoisotopic (exact) mass is 429 g/mol. The van der Waals surface area contributed by atoms with Crippen LogP contribution in [-0.2, 0) is 21.2 Å². The van der Waals surface area contributed by atoms with Gasteiger partial charge in [0.05, 0.1) is 10.5 Å². The first-order chi connectivity index (χ1) is 14.3. The number of sulfonamides is 1. The summed E-state index contributed by atoms with van der Waals surface area (Å²) in [5.74, 6) is -1.01. The third kappa shape index (κ3) is 4.96. The summed E-state index contributed by atoms with van der Waals surface area (Å²) in [6.45, 7) is 4.31. The number of piperidine rings is 1. The number of rotatable bonds is 7. The Balaban J connectivity index is 1.72. The summed E-state index contributed by atoms with van der Waals surface area (Å²) >= 11 is 0. The smallest absolute Gasteiger partial charge is 0.338 e. The van der Waals surface area contributed by atoms with Crippen molar-refractivity contribution in [2.24, 2.45) is 0 Å². The fourth-order valence-corrected chi connectivity index (χ4v) is 5.00. The highest BCUT2D eigenvalue weighted by Gasteiger charge is 2.27. The molecule has 0 spiro atoms. The molecule has 1 aliphatic heterocycles. The third-order valence-corrected chi connectivity index (χ3v) is 7.29. The van der Waals surface area contributed by atoms with Gasteiger partial charge in [-0.15, -0.1) is 0 Å². The van der Waals surface area contributed by atoms with Gasteiger partial charge < -0.3 is 4.74 Å². The lowest BCUT2D eigenvalue weighted by molar-refractivity contribution is 0.0473. The molecule has 3 rings (SSSR count). The van der Waals surface area contributed by atoms with Crippen molar-refractivity contribution in [1.29, 1.82) is 0 Å². The van der Waals surface area contributed by atoms with Gasteiger partial charge in [-0.3, -0.25) is 4.79 Å². The summed E-state index contributed by atoms with van der Waals surface area (Å²) in [7, 11) is -3.66. The highest BCUT2D eigenvalue weighted by Crippen LogP contribution is 2.23. The molecule has 0 aliphatic carbocycles. The van der Waals surface area contributed by atoms with Crippen molar-refractivity contribution < 1.29 is 22.7 Å². The molecule has 0 saturated carbocycles. The minimum atomic E-state index is -3.66. The molecule has 30 heavy (non-hydrogen) atoms. The number of esters is 1. The van der Waals surface area contributed by atoms with Gasteiger partial charge in [-0.05, 0) is 49.4 Å². The molecule has 0 radical (unpaired) electrons. The molecule has 0 unspecified atom stereocenters. The van der Waals surface area contributed by atoms with Gasteiger partial charge in [-0.25, -0.2) is 13.2 Å². The quantitative estimate of drug-likeness (QED) is 0.494. The second kappa shape index (κ2) is 9.53. The molecule has 1 heterocycles. The molecule has 2 aromatic rings. The van der Waals surface area contributed by atoms with Crippen LogP contribution in [0.4, 0.5) is 0 Å². The summed E-state index contributed by atoms with van der Waals surface area (Å²) < 4.78 is 32.4. The van der Waals surface area contributed by atoms with E-state index < -0.39 is 22.6 Å². The molecule has 160 valence electrons. The maximum atomic E-state index is 12.9. The van der Waals surface area contributed by atoms with Gasteiger partial charge in [0, 0.05) is 18.7 Å². The van der Waals surface area contributed by atoms with Crippen LogP contribution in [0.2, 0.25) is 0 Å². The maximum Gasteiger partial charge on any atom is 0.338 e. The van der Waals surface area contributed by atoms with E-state index in [2.05, 4.69) is 0 Å². The molecule has 0 atom stereocenters. The summed E-state index contributed by atoms with van der Waals surface area (Å²) in [6.07, 6.45) is 3.56. The van der Waals surface area contributed by atoms with Crippen molar-refractivity contribution in [3.8, 4) is 0 Å². The predicted octanol–water partition coefficient (Wildman–Crippen LogP) is 3.77. The molecule has 0 N–H and O–H groups in total. The number of hydrogen-bond donors (Lipinski definition) is 0. The molecule has 0 amide bonds. The van der Waals surface area contributed by atoms with Crippen LogP contribution in [-0.4, -0.2) is 44.2 Å². The van der Waals surface area contributed by atoms with E-state index in [1.165, 1.54) is 16.4 Å². The third-order valence-electron chi connectivity index (χ3n) is 5.40. The minimum absolute atomic E-state index is 0.0726. The summed E-state index contributed by atoms with van der Waals surface area (Å²) in [6, 6.07) is 11.6. The fraction of sp³-hybridized carbons (Fsp3) is 0.391. The van der Waals surface area contributed by atoms with Crippen molar-refractivity contribution in [3.63, 3.8) is 0 Å². The Morgan fingerprint density at radius 2 is 1.67 bits per heavy atom. The normalized spacial score (nSPS) is 15.0.